The Morgan fingerprint density at radius 2 is 1.79 bits per heavy atom. The van der Waals surface area contributed by atoms with Crippen molar-refractivity contribution in [2.24, 2.45) is 0 Å². The molecule has 1 atom stereocenters. The van der Waals surface area contributed by atoms with Gasteiger partial charge in [-0.3, -0.25) is 9.80 Å². The number of rotatable bonds is 3. The van der Waals surface area contributed by atoms with E-state index in [1.54, 1.807) is 0 Å². The van der Waals surface area contributed by atoms with Crippen LogP contribution in [0.2, 0.25) is 0 Å². The van der Waals surface area contributed by atoms with E-state index in [0.29, 0.717) is 12.1 Å². The van der Waals surface area contributed by atoms with Crippen LogP contribution in [0.5, 0.6) is 0 Å². The number of fused-ring (bicyclic) bond motifs is 1. The third-order valence-corrected chi connectivity index (χ3v) is 6.64. The van der Waals surface area contributed by atoms with Gasteiger partial charge in [-0.15, -0.1) is 0 Å². The largest absolute Gasteiger partial charge is 0.333 e. The molecule has 156 valence electrons. The molecule has 28 heavy (non-hydrogen) atoms. The number of likely N-dealkylation sites (tertiary alicyclic amines) is 1. The highest BCUT2D eigenvalue weighted by Crippen LogP contribution is 2.20. The van der Waals surface area contributed by atoms with Crippen molar-refractivity contribution in [3.8, 4) is 0 Å². The Hall–Kier alpha value is -1.67. The quantitative estimate of drug-likeness (QED) is 0.838. The molecule has 1 aromatic rings. The maximum atomic E-state index is 12.7. The highest BCUT2D eigenvalue weighted by Gasteiger charge is 2.30. The summed E-state index contributed by atoms with van der Waals surface area (Å²) in [6.07, 6.45) is 4.01. The average molecular weight is 390 g/mol. The van der Waals surface area contributed by atoms with Crippen LogP contribution in [-0.4, -0.2) is 92.9 Å². The number of nitrogens with zero attached hydrogens (tertiary/aromatic N) is 6. The molecule has 2 amide bonds. The number of carbonyl (C=O) groups is 1. The van der Waals surface area contributed by atoms with Gasteiger partial charge in [0.1, 0.15) is 11.6 Å². The minimum Gasteiger partial charge on any atom is -0.333 e. The number of amides is 2. The molecule has 0 bridgehead atoms. The smallest absolute Gasteiger partial charge is 0.317 e. The molecule has 1 aromatic heterocycles. The van der Waals surface area contributed by atoms with E-state index in [-0.39, 0.29) is 12.1 Å². The van der Waals surface area contributed by atoms with Gasteiger partial charge in [-0.1, -0.05) is 0 Å². The molecular weight excluding hydrogens is 354 g/mol. The Morgan fingerprint density at radius 3 is 2.46 bits per heavy atom. The van der Waals surface area contributed by atoms with Crippen LogP contribution in [0.25, 0.3) is 0 Å². The van der Waals surface area contributed by atoms with Crippen LogP contribution in [0, 0.1) is 6.92 Å². The molecular formula is C20H35N7O. The predicted octanol–water partition coefficient (Wildman–Crippen LogP) is 1.10. The summed E-state index contributed by atoms with van der Waals surface area (Å²) in [7, 11) is 0. The van der Waals surface area contributed by atoms with Crippen LogP contribution < -0.4 is 5.32 Å². The number of aromatic nitrogens is 3. The Kier molecular flexibility index (Phi) is 5.87. The zero-order valence-corrected chi connectivity index (χ0v) is 17.6. The van der Waals surface area contributed by atoms with Crippen molar-refractivity contribution >= 4 is 6.03 Å². The van der Waals surface area contributed by atoms with Gasteiger partial charge in [0.15, 0.2) is 0 Å². The zero-order valence-electron chi connectivity index (χ0n) is 17.6. The molecule has 0 aromatic carbocycles. The fourth-order valence-electron chi connectivity index (χ4n) is 4.87. The van der Waals surface area contributed by atoms with E-state index in [1.165, 1.54) is 13.1 Å². The fraction of sp³-hybridized carbons (Fsp3) is 0.850. The Balaban J connectivity index is 1.21. The van der Waals surface area contributed by atoms with E-state index < -0.39 is 0 Å². The standard InChI is InChI=1S/C20H35N7O/c1-15(2)24-10-12-25(13-11-24)18-6-8-26(9-7-18)20(28)22-17-4-5-19-21-16(3)23-27(19)14-17/h15,17-18H,4-14H2,1-3H3,(H,22,28). The summed E-state index contributed by atoms with van der Waals surface area (Å²) in [4.78, 5) is 24.4. The Morgan fingerprint density at radius 1 is 1.07 bits per heavy atom. The van der Waals surface area contributed by atoms with Gasteiger partial charge in [0.05, 0.1) is 12.6 Å². The topological polar surface area (TPSA) is 69.5 Å². The first-order chi connectivity index (χ1) is 13.5. The molecule has 3 aliphatic rings. The molecule has 8 heteroatoms. The van der Waals surface area contributed by atoms with Crippen molar-refractivity contribution in [1.82, 2.24) is 34.8 Å². The number of hydrogen-bond donors (Lipinski definition) is 1. The number of urea groups is 1. The molecule has 0 radical (unpaired) electrons. The van der Waals surface area contributed by atoms with Gasteiger partial charge in [0, 0.05) is 57.8 Å². The number of aryl methyl sites for hydroxylation is 2. The lowest BCUT2D eigenvalue weighted by atomic mass is 10.0. The summed E-state index contributed by atoms with van der Waals surface area (Å²) >= 11 is 0. The van der Waals surface area contributed by atoms with E-state index in [2.05, 4.69) is 39.0 Å². The van der Waals surface area contributed by atoms with Crippen molar-refractivity contribution in [2.75, 3.05) is 39.3 Å². The van der Waals surface area contributed by atoms with Crippen molar-refractivity contribution in [1.29, 1.82) is 0 Å². The average Bonchev–Trinajstić information content (AvgIpc) is 3.07. The van der Waals surface area contributed by atoms with Crippen LogP contribution >= 0.6 is 0 Å². The second-order valence-corrected chi connectivity index (χ2v) is 8.83. The van der Waals surface area contributed by atoms with Gasteiger partial charge in [-0.05, 0) is 40.0 Å². The summed E-state index contributed by atoms with van der Waals surface area (Å²) in [5.74, 6) is 1.86. The molecule has 4 rings (SSSR count). The summed E-state index contributed by atoms with van der Waals surface area (Å²) in [5, 5.41) is 7.66. The lowest BCUT2D eigenvalue weighted by molar-refractivity contribution is 0.0534. The molecule has 1 unspecified atom stereocenters. The first kappa shape index (κ1) is 19.6. The molecule has 3 aliphatic heterocycles. The van der Waals surface area contributed by atoms with E-state index in [9.17, 15) is 4.79 Å². The van der Waals surface area contributed by atoms with Crippen LogP contribution in [0.15, 0.2) is 0 Å². The first-order valence-electron chi connectivity index (χ1n) is 10.9. The van der Waals surface area contributed by atoms with Gasteiger partial charge < -0.3 is 10.2 Å². The van der Waals surface area contributed by atoms with Gasteiger partial charge in [0.25, 0.3) is 0 Å². The monoisotopic (exact) mass is 389 g/mol. The van der Waals surface area contributed by atoms with Crippen molar-refractivity contribution in [3.05, 3.63) is 11.6 Å². The molecule has 0 aliphatic carbocycles. The minimum atomic E-state index is 0.0911. The van der Waals surface area contributed by atoms with Crippen LogP contribution in [0.1, 0.15) is 44.8 Å². The summed E-state index contributed by atoms with van der Waals surface area (Å²) in [5.41, 5.74) is 0. The third kappa shape index (κ3) is 4.33. The molecule has 1 N–H and O–H groups in total. The lowest BCUT2D eigenvalue weighted by Gasteiger charge is -2.43. The normalized spacial score (nSPS) is 25.1. The second-order valence-electron chi connectivity index (χ2n) is 8.83. The first-order valence-corrected chi connectivity index (χ1v) is 10.9. The molecule has 2 saturated heterocycles. The third-order valence-electron chi connectivity index (χ3n) is 6.64. The predicted molar refractivity (Wildman–Crippen MR) is 108 cm³/mol. The van der Waals surface area contributed by atoms with Crippen molar-refractivity contribution < 1.29 is 4.79 Å². The Labute approximate surface area is 168 Å². The maximum absolute atomic E-state index is 12.7. The highest BCUT2D eigenvalue weighted by molar-refractivity contribution is 5.74. The number of carbonyl (C=O) groups excluding carboxylic acids is 1. The van der Waals surface area contributed by atoms with Gasteiger partial charge >= 0.3 is 6.03 Å². The highest BCUT2D eigenvalue weighted by atomic mass is 16.2. The number of piperazine rings is 1. The van der Waals surface area contributed by atoms with Crippen molar-refractivity contribution in [2.45, 2.75) is 71.1 Å². The van der Waals surface area contributed by atoms with Crippen LogP contribution in [0.4, 0.5) is 4.79 Å². The number of nitrogens with one attached hydrogen (secondary N) is 1. The van der Waals surface area contributed by atoms with Gasteiger partial charge in [0.2, 0.25) is 0 Å². The van der Waals surface area contributed by atoms with Gasteiger partial charge in [-0.2, -0.15) is 5.10 Å². The number of piperidine rings is 1. The molecule has 8 nitrogen and oxygen atoms in total. The van der Waals surface area contributed by atoms with E-state index in [0.717, 1.165) is 70.1 Å². The minimum absolute atomic E-state index is 0.0911. The maximum Gasteiger partial charge on any atom is 0.317 e. The molecule has 0 saturated carbocycles. The van der Waals surface area contributed by atoms with Crippen molar-refractivity contribution in [3.63, 3.8) is 0 Å². The van der Waals surface area contributed by atoms with Crippen LogP contribution in [0.3, 0.4) is 0 Å². The SMILES string of the molecule is Cc1nc2n(n1)CC(NC(=O)N1CCC(N3CCN(C(C)C)CC3)CC1)CC2. The van der Waals surface area contributed by atoms with E-state index in [4.69, 9.17) is 0 Å². The molecule has 2 fully saturated rings. The Bertz CT molecular complexity index is 672. The van der Waals surface area contributed by atoms with E-state index in [1.807, 2.05) is 16.5 Å². The summed E-state index contributed by atoms with van der Waals surface area (Å²) in [6.45, 7) is 13.6. The van der Waals surface area contributed by atoms with E-state index >= 15 is 0 Å². The fourth-order valence-corrected chi connectivity index (χ4v) is 4.87. The summed E-state index contributed by atoms with van der Waals surface area (Å²) < 4.78 is 1.95. The van der Waals surface area contributed by atoms with Gasteiger partial charge in [-0.25, -0.2) is 14.5 Å². The zero-order chi connectivity index (χ0) is 19.7. The molecule has 0 spiro atoms. The lowest BCUT2D eigenvalue weighted by Crippen LogP contribution is -2.56. The summed E-state index contributed by atoms with van der Waals surface area (Å²) in [6, 6.07) is 1.52. The second kappa shape index (κ2) is 8.37. The van der Waals surface area contributed by atoms with Crippen LogP contribution in [-0.2, 0) is 13.0 Å². The molecule has 4 heterocycles. The number of hydrogen-bond acceptors (Lipinski definition) is 5.